The molecule has 1 aromatic rings. The zero-order chi connectivity index (χ0) is 18.4. The summed E-state index contributed by atoms with van der Waals surface area (Å²) in [6.45, 7) is 3.79. The molecule has 5 heteroatoms. The average molecular weight is 349 g/mol. The summed E-state index contributed by atoms with van der Waals surface area (Å²) in [7, 11) is 0. The fraction of sp³-hybridized carbons (Fsp3) is 0.238. The SMILES string of the molecule is CC1=NC2=CC=CCC2=C1CCNCc1ccc(/C=C/C(=O)NO)cc1. The third kappa shape index (κ3) is 4.45. The molecule has 2 aliphatic rings. The molecule has 0 fully saturated rings. The molecule has 0 radical (unpaired) electrons. The van der Waals surface area contributed by atoms with Gasteiger partial charge in [-0.25, -0.2) is 5.48 Å². The Bertz CT molecular complexity index is 827. The molecule has 3 N–H and O–H groups in total. The number of fused-ring (bicyclic) bond motifs is 1. The molecule has 3 rings (SSSR count). The highest BCUT2D eigenvalue weighted by Crippen LogP contribution is 2.32. The number of carbonyl (C=O) groups excluding carboxylic acids is 1. The lowest BCUT2D eigenvalue weighted by molar-refractivity contribution is -0.124. The van der Waals surface area contributed by atoms with Crippen LogP contribution in [0.1, 0.15) is 30.9 Å². The van der Waals surface area contributed by atoms with Crippen molar-refractivity contribution in [2.45, 2.75) is 26.3 Å². The maximum absolute atomic E-state index is 11.0. The van der Waals surface area contributed by atoms with Crippen molar-refractivity contribution in [1.82, 2.24) is 10.8 Å². The van der Waals surface area contributed by atoms with E-state index in [1.807, 2.05) is 24.3 Å². The fourth-order valence-electron chi connectivity index (χ4n) is 3.13. The van der Waals surface area contributed by atoms with E-state index in [1.54, 1.807) is 11.6 Å². The van der Waals surface area contributed by atoms with Crippen LogP contribution in [0.15, 0.2) is 70.4 Å². The van der Waals surface area contributed by atoms with Gasteiger partial charge in [0.1, 0.15) is 0 Å². The van der Waals surface area contributed by atoms with Crippen LogP contribution in [0, 0.1) is 0 Å². The second-order valence-electron chi connectivity index (χ2n) is 6.32. The number of allylic oxidation sites excluding steroid dienone is 4. The van der Waals surface area contributed by atoms with E-state index in [-0.39, 0.29) is 0 Å². The van der Waals surface area contributed by atoms with Gasteiger partial charge in [0.2, 0.25) is 0 Å². The largest absolute Gasteiger partial charge is 0.312 e. The fourth-order valence-corrected chi connectivity index (χ4v) is 3.13. The number of carbonyl (C=O) groups is 1. The monoisotopic (exact) mass is 349 g/mol. The second-order valence-corrected chi connectivity index (χ2v) is 6.32. The summed E-state index contributed by atoms with van der Waals surface area (Å²) in [5.74, 6) is -0.539. The molecule has 0 atom stereocenters. The summed E-state index contributed by atoms with van der Waals surface area (Å²) >= 11 is 0. The Morgan fingerprint density at radius 2 is 2.12 bits per heavy atom. The van der Waals surface area contributed by atoms with Gasteiger partial charge in [0.15, 0.2) is 0 Å². The summed E-state index contributed by atoms with van der Waals surface area (Å²) < 4.78 is 0. The summed E-state index contributed by atoms with van der Waals surface area (Å²) in [5.41, 5.74) is 8.67. The van der Waals surface area contributed by atoms with E-state index < -0.39 is 5.91 Å². The van der Waals surface area contributed by atoms with E-state index in [2.05, 4.69) is 35.5 Å². The van der Waals surface area contributed by atoms with Crippen molar-refractivity contribution in [3.05, 3.63) is 76.5 Å². The molecule has 1 aliphatic heterocycles. The van der Waals surface area contributed by atoms with Crippen LogP contribution in [-0.2, 0) is 11.3 Å². The van der Waals surface area contributed by atoms with Crippen LogP contribution in [0.2, 0.25) is 0 Å². The molecular weight excluding hydrogens is 326 g/mol. The summed E-state index contributed by atoms with van der Waals surface area (Å²) in [4.78, 5) is 15.6. The zero-order valence-corrected chi connectivity index (χ0v) is 14.8. The molecule has 0 saturated heterocycles. The van der Waals surface area contributed by atoms with Crippen LogP contribution in [0.3, 0.4) is 0 Å². The molecule has 1 aromatic carbocycles. The third-order valence-electron chi connectivity index (χ3n) is 4.51. The molecular formula is C21H23N3O2. The summed E-state index contributed by atoms with van der Waals surface area (Å²) in [6.07, 6.45) is 11.2. The Kier molecular flexibility index (Phi) is 5.94. The first-order valence-corrected chi connectivity index (χ1v) is 8.74. The quantitative estimate of drug-likeness (QED) is 0.306. The van der Waals surface area contributed by atoms with Crippen LogP contribution in [0.25, 0.3) is 6.08 Å². The number of nitrogens with zero attached hydrogens (tertiary/aromatic N) is 1. The number of nitrogens with one attached hydrogen (secondary N) is 2. The molecule has 0 unspecified atom stereocenters. The molecule has 1 aliphatic carbocycles. The van der Waals surface area contributed by atoms with Crippen molar-refractivity contribution in [2.75, 3.05) is 6.54 Å². The Morgan fingerprint density at radius 3 is 2.88 bits per heavy atom. The highest BCUT2D eigenvalue weighted by molar-refractivity contribution is 6.03. The summed E-state index contributed by atoms with van der Waals surface area (Å²) in [5, 5.41) is 11.9. The average Bonchev–Trinajstić information content (AvgIpc) is 2.99. The lowest BCUT2D eigenvalue weighted by Crippen LogP contribution is -2.16. The molecule has 134 valence electrons. The first-order valence-electron chi connectivity index (χ1n) is 8.74. The van der Waals surface area contributed by atoms with Crippen LogP contribution in [0.4, 0.5) is 0 Å². The van der Waals surface area contributed by atoms with Crippen LogP contribution >= 0.6 is 0 Å². The predicted octanol–water partition coefficient (Wildman–Crippen LogP) is 3.30. The van der Waals surface area contributed by atoms with Gasteiger partial charge in [-0.3, -0.25) is 15.0 Å². The molecule has 0 spiro atoms. The zero-order valence-electron chi connectivity index (χ0n) is 14.8. The smallest absolute Gasteiger partial charge is 0.267 e. The minimum Gasteiger partial charge on any atom is -0.312 e. The number of hydrogen-bond acceptors (Lipinski definition) is 4. The van der Waals surface area contributed by atoms with Gasteiger partial charge in [0, 0.05) is 18.3 Å². The summed E-state index contributed by atoms with van der Waals surface area (Å²) in [6, 6.07) is 7.95. The Balaban J connectivity index is 1.48. The lowest BCUT2D eigenvalue weighted by Gasteiger charge is -2.10. The maximum atomic E-state index is 11.0. The molecule has 5 nitrogen and oxygen atoms in total. The van der Waals surface area contributed by atoms with Gasteiger partial charge >= 0.3 is 0 Å². The van der Waals surface area contributed by atoms with Crippen molar-refractivity contribution in [3.63, 3.8) is 0 Å². The molecule has 26 heavy (non-hydrogen) atoms. The van der Waals surface area contributed by atoms with Gasteiger partial charge in [-0.1, -0.05) is 36.4 Å². The first kappa shape index (κ1) is 18.0. The third-order valence-corrected chi connectivity index (χ3v) is 4.51. The van der Waals surface area contributed by atoms with Crippen molar-refractivity contribution in [1.29, 1.82) is 0 Å². The standard InChI is InChI=1S/C21H23N3O2/c1-15-18(19-4-2-3-5-20(19)23-15)12-13-22-14-17-8-6-16(7-9-17)10-11-21(25)24-26/h2-3,5-11,22,26H,4,12-14H2,1H3,(H,24,25)/b11-10+. The lowest BCUT2D eigenvalue weighted by atomic mass is 9.97. The number of benzene rings is 1. The van der Waals surface area contributed by atoms with Gasteiger partial charge < -0.3 is 5.32 Å². The van der Waals surface area contributed by atoms with E-state index in [9.17, 15) is 4.79 Å². The Morgan fingerprint density at radius 1 is 1.31 bits per heavy atom. The number of rotatable bonds is 7. The molecule has 0 saturated carbocycles. The van der Waals surface area contributed by atoms with Crippen LogP contribution in [0.5, 0.6) is 0 Å². The number of hydrogen-bond donors (Lipinski definition) is 3. The van der Waals surface area contributed by atoms with E-state index in [4.69, 9.17) is 5.21 Å². The van der Waals surface area contributed by atoms with Crippen molar-refractivity contribution >= 4 is 17.7 Å². The highest BCUT2D eigenvalue weighted by Gasteiger charge is 2.20. The predicted molar refractivity (Wildman–Crippen MR) is 104 cm³/mol. The Labute approximate surface area is 153 Å². The number of aliphatic imine (C=N–C) groups is 1. The molecule has 0 aromatic heterocycles. The van der Waals surface area contributed by atoms with Crippen molar-refractivity contribution in [2.24, 2.45) is 4.99 Å². The van der Waals surface area contributed by atoms with E-state index in [0.717, 1.165) is 42.9 Å². The first-order chi connectivity index (χ1) is 12.7. The second kappa shape index (κ2) is 8.56. The molecule has 1 heterocycles. The highest BCUT2D eigenvalue weighted by atomic mass is 16.5. The van der Waals surface area contributed by atoms with Crippen LogP contribution < -0.4 is 10.8 Å². The number of amides is 1. The molecule has 0 bridgehead atoms. The Hall–Kier alpha value is -2.76. The minimum atomic E-state index is -0.539. The number of hydroxylamine groups is 1. The van der Waals surface area contributed by atoms with Gasteiger partial charge in [0.25, 0.3) is 5.91 Å². The van der Waals surface area contributed by atoms with Crippen molar-refractivity contribution in [3.8, 4) is 0 Å². The van der Waals surface area contributed by atoms with E-state index >= 15 is 0 Å². The van der Waals surface area contributed by atoms with Crippen molar-refractivity contribution < 1.29 is 10.0 Å². The van der Waals surface area contributed by atoms with Crippen LogP contribution in [-0.4, -0.2) is 23.4 Å². The maximum Gasteiger partial charge on any atom is 0.267 e. The molecule has 1 amide bonds. The van der Waals surface area contributed by atoms with Gasteiger partial charge in [0.05, 0.1) is 5.70 Å². The van der Waals surface area contributed by atoms with E-state index in [0.29, 0.717) is 0 Å². The normalized spacial score (nSPS) is 15.9. The topological polar surface area (TPSA) is 73.7 Å². The van der Waals surface area contributed by atoms with Gasteiger partial charge in [-0.05, 0) is 60.7 Å². The van der Waals surface area contributed by atoms with Gasteiger partial charge in [-0.2, -0.15) is 0 Å². The van der Waals surface area contributed by atoms with Gasteiger partial charge in [-0.15, -0.1) is 0 Å². The minimum absolute atomic E-state index is 0.539. The van der Waals surface area contributed by atoms with E-state index in [1.165, 1.54) is 22.8 Å².